The number of aryl methyl sites for hydroxylation is 1. The lowest BCUT2D eigenvalue weighted by Crippen LogP contribution is -2.32. The zero-order valence-corrected chi connectivity index (χ0v) is 10.4. The summed E-state index contributed by atoms with van der Waals surface area (Å²) >= 11 is 0. The first-order chi connectivity index (χ1) is 8.24. The van der Waals surface area contributed by atoms with Crippen molar-refractivity contribution in [3.8, 4) is 0 Å². The zero-order chi connectivity index (χ0) is 12.3. The number of nitrogens with two attached hydrogens (primary N) is 1. The van der Waals surface area contributed by atoms with Crippen LogP contribution in [0.2, 0.25) is 0 Å². The van der Waals surface area contributed by atoms with Crippen molar-refractivity contribution in [1.82, 2.24) is 14.7 Å². The minimum absolute atomic E-state index is 0.0316. The number of anilines is 1. The molecule has 2 rings (SSSR count). The highest BCUT2D eigenvalue weighted by atomic mass is 16.2. The van der Waals surface area contributed by atoms with Crippen molar-refractivity contribution in [2.75, 3.05) is 18.8 Å². The molecule has 0 spiro atoms. The van der Waals surface area contributed by atoms with Crippen molar-refractivity contribution in [3.05, 3.63) is 11.8 Å². The monoisotopic (exact) mass is 236 g/mol. The molecule has 0 saturated carbocycles. The molecule has 0 aliphatic carbocycles. The molecule has 1 aromatic heterocycles. The van der Waals surface area contributed by atoms with Gasteiger partial charge in [0.1, 0.15) is 11.4 Å². The predicted molar refractivity (Wildman–Crippen MR) is 66.7 cm³/mol. The maximum absolute atomic E-state index is 12.3. The van der Waals surface area contributed by atoms with Crippen LogP contribution in [0.15, 0.2) is 6.20 Å². The van der Waals surface area contributed by atoms with Crippen LogP contribution >= 0.6 is 0 Å². The van der Waals surface area contributed by atoms with Crippen LogP contribution in [0.3, 0.4) is 0 Å². The van der Waals surface area contributed by atoms with E-state index in [4.69, 9.17) is 5.73 Å². The molecular formula is C12H20N4O. The number of nitrogen functional groups attached to an aromatic ring is 1. The molecule has 2 heterocycles. The van der Waals surface area contributed by atoms with Crippen molar-refractivity contribution in [2.24, 2.45) is 0 Å². The Kier molecular flexibility index (Phi) is 3.66. The summed E-state index contributed by atoms with van der Waals surface area (Å²) in [5, 5.41) is 4.12. The van der Waals surface area contributed by atoms with Gasteiger partial charge in [-0.05, 0) is 19.8 Å². The molecule has 94 valence electrons. The van der Waals surface area contributed by atoms with Crippen molar-refractivity contribution in [3.63, 3.8) is 0 Å². The third-order valence-electron chi connectivity index (χ3n) is 3.30. The van der Waals surface area contributed by atoms with Crippen molar-refractivity contribution in [2.45, 2.75) is 39.2 Å². The molecule has 1 fully saturated rings. The van der Waals surface area contributed by atoms with E-state index in [0.29, 0.717) is 17.9 Å². The number of rotatable bonds is 2. The van der Waals surface area contributed by atoms with Gasteiger partial charge < -0.3 is 10.6 Å². The molecule has 1 saturated heterocycles. The van der Waals surface area contributed by atoms with Crippen LogP contribution in [-0.2, 0) is 6.54 Å². The van der Waals surface area contributed by atoms with Crippen LogP contribution in [-0.4, -0.2) is 33.7 Å². The summed E-state index contributed by atoms with van der Waals surface area (Å²) in [6.45, 7) is 4.34. The highest BCUT2D eigenvalue weighted by Gasteiger charge is 2.21. The first-order valence-electron chi connectivity index (χ1n) is 6.34. The number of likely N-dealkylation sites (tertiary alicyclic amines) is 1. The number of hydrogen-bond acceptors (Lipinski definition) is 3. The highest BCUT2D eigenvalue weighted by Crippen LogP contribution is 2.17. The Balaban J connectivity index is 2.14. The normalized spacial score (nSPS) is 16.9. The Hall–Kier alpha value is -1.52. The molecule has 0 bridgehead atoms. The number of amides is 1. The first kappa shape index (κ1) is 12.0. The second-order valence-electron chi connectivity index (χ2n) is 4.47. The summed E-state index contributed by atoms with van der Waals surface area (Å²) in [6, 6.07) is 0. The fraction of sp³-hybridized carbons (Fsp3) is 0.667. The predicted octanol–water partition coefficient (Wildman–Crippen LogP) is 1.50. The lowest BCUT2D eigenvalue weighted by Gasteiger charge is -2.19. The summed E-state index contributed by atoms with van der Waals surface area (Å²) < 4.78 is 1.66. The van der Waals surface area contributed by atoms with E-state index in [9.17, 15) is 4.79 Å². The van der Waals surface area contributed by atoms with Gasteiger partial charge in [-0.15, -0.1) is 0 Å². The smallest absolute Gasteiger partial charge is 0.259 e. The van der Waals surface area contributed by atoms with Gasteiger partial charge in [0.25, 0.3) is 5.91 Å². The van der Waals surface area contributed by atoms with E-state index in [1.165, 1.54) is 12.8 Å². The summed E-state index contributed by atoms with van der Waals surface area (Å²) in [5.74, 6) is 0.519. The average molecular weight is 236 g/mol. The van der Waals surface area contributed by atoms with E-state index in [0.717, 1.165) is 25.9 Å². The van der Waals surface area contributed by atoms with E-state index in [1.807, 2.05) is 11.8 Å². The molecule has 1 amide bonds. The molecular weight excluding hydrogens is 216 g/mol. The second-order valence-corrected chi connectivity index (χ2v) is 4.47. The minimum Gasteiger partial charge on any atom is -0.383 e. The van der Waals surface area contributed by atoms with Crippen LogP contribution in [0.5, 0.6) is 0 Å². The second kappa shape index (κ2) is 5.21. The molecule has 0 atom stereocenters. The van der Waals surface area contributed by atoms with Gasteiger partial charge in [0, 0.05) is 19.6 Å². The van der Waals surface area contributed by atoms with E-state index in [1.54, 1.807) is 10.9 Å². The van der Waals surface area contributed by atoms with Crippen LogP contribution in [0, 0.1) is 0 Å². The minimum atomic E-state index is 0.0316. The Morgan fingerprint density at radius 1 is 1.35 bits per heavy atom. The topological polar surface area (TPSA) is 64.2 Å². The van der Waals surface area contributed by atoms with E-state index in [-0.39, 0.29) is 5.91 Å². The molecule has 0 unspecified atom stereocenters. The first-order valence-corrected chi connectivity index (χ1v) is 6.34. The molecule has 1 aliphatic rings. The van der Waals surface area contributed by atoms with Gasteiger partial charge in [-0.3, -0.25) is 4.79 Å². The molecule has 1 aliphatic heterocycles. The largest absolute Gasteiger partial charge is 0.383 e. The molecule has 5 heteroatoms. The van der Waals surface area contributed by atoms with Crippen LogP contribution < -0.4 is 5.73 Å². The molecule has 1 aromatic rings. The van der Waals surface area contributed by atoms with Gasteiger partial charge in [0.15, 0.2) is 0 Å². The van der Waals surface area contributed by atoms with Gasteiger partial charge in [-0.1, -0.05) is 12.8 Å². The number of hydrogen-bond donors (Lipinski definition) is 1. The van der Waals surface area contributed by atoms with E-state index >= 15 is 0 Å². The third kappa shape index (κ3) is 2.43. The lowest BCUT2D eigenvalue weighted by molar-refractivity contribution is 0.0762. The fourth-order valence-corrected chi connectivity index (χ4v) is 2.26. The Labute approximate surface area is 102 Å². The van der Waals surface area contributed by atoms with Gasteiger partial charge in [-0.25, -0.2) is 4.68 Å². The van der Waals surface area contributed by atoms with E-state index < -0.39 is 0 Å². The molecule has 5 nitrogen and oxygen atoms in total. The number of aromatic nitrogens is 2. The van der Waals surface area contributed by atoms with Gasteiger partial charge in [0.2, 0.25) is 0 Å². The third-order valence-corrected chi connectivity index (χ3v) is 3.30. The van der Waals surface area contributed by atoms with Crippen LogP contribution in [0.25, 0.3) is 0 Å². The quantitative estimate of drug-likeness (QED) is 0.846. The molecule has 17 heavy (non-hydrogen) atoms. The maximum Gasteiger partial charge on any atom is 0.259 e. The van der Waals surface area contributed by atoms with Crippen LogP contribution in [0.4, 0.5) is 5.82 Å². The highest BCUT2D eigenvalue weighted by molar-refractivity contribution is 5.98. The number of carbonyl (C=O) groups excluding carboxylic acids is 1. The number of nitrogens with zero attached hydrogens (tertiary/aromatic N) is 3. The van der Waals surface area contributed by atoms with Crippen molar-refractivity contribution < 1.29 is 4.79 Å². The summed E-state index contributed by atoms with van der Waals surface area (Å²) in [6.07, 6.45) is 6.20. The summed E-state index contributed by atoms with van der Waals surface area (Å²) in [4.78, 5) is 14.2. The molecule has 2 N–H and O–H groups in total. The number of carbonyl (C=O) groups is 1. The molecule has 0 radical (unpaired) electrons. The lowest BCUT2D eigenvalue weighted by atomic mass is 10.2. The van der Waals surface area contributed by atoms with Gasteiger partial charge >= 0.3 is 0 Å². The Morgan fingerprint density at radius 3 is 2.53 bits per heavy atom. The summed E-state index contributed by atoms with van der Waals surface area (Å²) in [7, 11) is 0. The fourth-order valence-electron chi connectivity index (χ4n) is 2.26. The van der Waals surface area contributed by atoms with Gasteiger partial charge in [-0.2, -0.15) is 5.10 Å². The van der Waals surface area contributed by atoms with E-state index in [2.05, 4.69) is 5.10 Å². The standard InChI is InChI=1S/C12H20N4O/c1-2-16-11(13)10(9-14-16)12(17)15-7-5-3-4-6-8-15/h9H,2-8,13H2,1H3. The summed E-state index contributed by atoms with van der Waals surface area (Å²) in [5.41, 5.74) is 6.46. The van der Waals surface area contributed by atoms with Gasteiger partial charge in [0.05, 0.1) is 6.20 Å². The zero-order valence-electron chi connectivity index (χ0n) is 10.4. The van der Waals surface area contributed by atoms with Crippen molar-refractivity contribution >= 4 is 11.7 Å². The maximum atomic E-state index is 12.3. The van der Waals surface area contributed by atoms with Crippen LogP contribution in [0.1, 0.15) is 43.0 Å². The Bertz CT molecular complexity index is 391. The molecule has 0 aromatic carbocycles. The van der Waals surface area contributed by atoms with Crippen molar-refractivity contribution in [1.29, 1.82) is 0 Å². The SMILES string of the molecule is CCn1ncc(C(=O)N2CCCCCC2)c1N. The Morgan fingerprint density at radius 2 is 2.00 bits per heavy atom. The average Bonchev–Trinajstić information content (AvgIpc) is 2.57.